The van der Waals surface area contributed by atoms with Gasteiger partial charge in [-0.25, -0.2) is 0 Å². The zero-order chi connectivity index (χ0) is 14.7. The number of nitrogens with zero attached hydrogens (tertiary/aromatic N) is 2. The number of para-hydroxylation sites is 1. The third-order valence-corrected chi connectivity index (χ3v) is 5.33. The Morgan fingerprint density at radius 1 is 1.24 bits per heavy atom. The normalized spacial score (nSPS) is 27.9. The first-order chi connectivity index (χ1) is 10.2. The fourth-order valence-corrected chi connectivity index (χ4v) is 3.88. The van der Waals surface area contributed by atoms with Crippen LogP contribution in [-0.2, 0) is 0 Å². The van der Waals surface area contributed by atoms with Crippen LogP contribution in [-0.4, -0.2) is 50.7 Å². The molecule has 2 aliphatic rings. The highest BCUT2D eigenvalue weighted by atomic mass is 15.2. The molecule has 2 saturated heterocycles. The maximum Gasteiger partial charge on any atom is 0.0366 e. The van der Waals surface area contributed by atoms with Crippen molar-refractivity contribution in [3.8, 4) is 0 Å². The lowest BCUT2D eigenvalue weighted by atomic mass is 9.88. The lowest BCUT2D eigenvalue weighted by molar-refractivity contribution is 0.144. The van der Waals surface area contributed by atoms with E-state index in [4.69, 9.17) is 0 Å². The van der Waals surface area contributed by atoms with Gasteiger partial charge in [-0.15, -0.1) is 0 Å². The first-order valence-electron chi connectivity index (χ1n) is 8.37. The van der Waals surface area contributed by atoms with Crippen LogP contribution in [0.3, 0.4) is 0 Å². The average molecular weight is 287 g/mol. The van der Waals surface area contributed by atoms with Crippen molar-refractivity contribution in [2.45, 2.75) is 32.2 Å². The van der Waals surface area contributed by atoms with E-state index < -0.39 is 0 Å². The molecule has 3 rings (SSSR count). The molecule has 0 saturated carbocycles. The summed E-state index contributed by atoms with van der Waals surface area (Å²) < 4.78 is 0. The van der Waals surface area contributed by atoms with Crippen LogP contribution in [0.2, 0.25) is 0 Å². The predicted octanol–water partition coefficient (Wildman–Crippen LogP) is 2.59. The molecule has 1 atom stereocenters. The van der Waals surface area contributed by atoms with Crippen molar-refractivity contribution in [2.75, 3.05) is 44.7 Å². The summed E-state index contributed by atoms with van der Waals surface area (Å²) in [7, 11) is 2.25. The monoisotopic (exact) mass is 287 g/mol. The highest BCUT2D eigenvalue weighted by Gasteiger charge is 2.32. The summed E-state index contributed by atoms with van der Waals surface area (Å²) in [6.45, 7) is 8.59. The molecule has 0 spiro atoms. The lowest BCUT2D eigenvalue weighted by Gasteiger charge is -2.40. The summed E-state index contributed by atoms with van der Waals surface area (Å²) in [5, 5.41) is 3.52. The lowest BCUT2D eigenvalue weighted by Crippen LogP contribution is -2.47. The second-order valence-corrected chi connectivity index (χ2v) is 7.19. The second kappa shape index (κ2) is 6.37. The van der Waals surface area contributed by atoms with Crippen molar-refractivity contribution < 1.29 is 0 Å². The van der Waals surface area contributed by atoms with Gasteiger partial charge in [0.25, 0.3) is 0 Å². The summed E-state index contributed by atoms with van der Waals surface area (Å²) in [4.78, 5) is 5.15. The average Bonchev–Trinajstić information content (AvgIpc) is 2.94. The molecule has 1 aromatic rings. The third-order valence-electron chi connectivity index (χ3n) is 5.33. The highest BCUT2D eigenvalue weighted by molar-refractivity contribution is 5.46. The number of benzene rings is 1. The number of hydrogen-bond acceptors (Lipinski definition) is 3. The van der Waals surface area contributed by atoms with Gasteiger partial charge in [0.15, 0.2) is 0 Å². The standard InChI is InChI=1S/C18H29N3/c1-18(10-11-19-14-18)15-21-12-8-17(9-13-21)20(2)16-6-4-3-5-7-16/h3-7,17,19H,8-15H2,1-2H3. The van der Waals surface area contributed by atoms with Gasteiger partial charge in [-0.2, -0.15) is 0 Å². The van der Waals surface area contributed by atoms with Crippen LogP contribution >= 0.6 is 0 Å². The Labute approximate surface area is 129 Å². The molecule has 0 aliphatic carbocycles. The summed E-state index contributed by atoms with van der Waals surface area (Å²) in [5.41, 5.74) is 1.85. The Morgan fingerprint density at radius 3 is 2.57 bits per heavy atom. The van der Waals surface area contributed by atoms with Crippen LogP contribution in [0.25, 0.3) is 0 Å². The van der Waals surface area contributed by atoms with Crippen LogP contribution < -0.4 is 10.2 Å². The summed E-state index contributed by atoms with van der Waals surface area (Å²) >= 11 is 0. The van der Waals surface area contributed by atoms with E-state index in [2.05, 4.69) is 59.4 Å². The van der Waals surface area contributed by atoms with Gasteiger partial charge in [-0.3, -0.25) is 0 Å². The maximum absolute atomic E-state index is 3.52. The number of nitrogens with one attached hydrogen (secondary N) is 1. The number of rotatable bonds is 4. The van der Waals surface area contributed by atoms with Crippen molar-refractivity contribution in [1.82, 2.24) is 10.2 Å². The zero-order valence-electron chi connectivity index (χ0n) is 13.5. The predicted molar refractivity (Wildman–Crippen MR) is 89.9 cm³/mol. The Hall–Kier alpha value is -1.06. The van der Waals surface area contributed by atoms with Crippen molar-refractivity contribution in [1.29, 1.82) is 0 Å². The first-order valence-corrected chi connectivity index (χ1v) is 8.37. The molecule has 1 aromatic carbocycles. The van der Waals surface area contributed by atoms with E-state index in [1.165, 1.54) is 57.7 Å². The number of piperidine rings is 1. The van der Waals surface area contributed by atoms with Gasteiger partial charge in [0.05, 0.1) is 0 Å². The van der Waals surface area contributed by atoms with E-state index in [0.29, 0.717) is 11.5 Å². The minimum absolute atomic E-state index is 0.498. The zero-order valence-corrected chi connectivity index (χ0v) is 13.5. The summed E-state index contributed by atoms with van der Waals surface area (Å²) in [6.07, 6.45) is 3.90. The third kappa shape index (κ3) is 3.58. The van der Waals surface area contributed by atoms with Crippen molar-refractivity contribution in [3.63, 3.8) is 0 Å². The van der Waals surface area contributed by atoms with Gasteiger partial charge < -0.3 is 15.1 Å². The topological polar surface area (TPSA) is 18.5 Å². The van der Waals surface area contributed by atoms with Crippen molar-refractivity contribution in [3.05, 3.63) is 30.3 Å². The molecule has 2 heterocycles. The minimum Gasteiger partial charge on any atom is -0.372 e. The second-order valence-electron chi connectivity index (χ2n) is 7.19. The number of anilines is 1. The Bertz CT molecular complexity index is 431. The van der Waals surface area contributed by atoms with E-state index in [0.717, 1.165) is 0 Å². The molecule has 0 aromatic heterocycles. The van der Waals surface area contributed by atoms with E-state index >= 15 is 0 Å². The summed E-state index contributed by atoms with van der Waals surface area (Å²) in [6, 6.07) is 11.5. The molecule has 0 amide bonds. The van der Waals surface area contributed by atoms with E-state index in [1.54, 1.807) is 0 Å². The Kier molecular flexibility index (Phi) is 4.51. The molecule has 116 valence electrons. The molecule has 1 N–H and O–H groups in total. The smallest absolute Gasteiger partial charge is 0.0366 e. The van der Waals surface area contributed by atoms with E-state index in [1.807, 2.05) is 0 Å². The highest BCUT2D eigenvalue weighted by Crippen LogP contribution is 2.28. The van der Waals surface area contributed by atoms with Crippen LogP contribution in [0.5, 0.6) is 0 Å². The molecule has 3 heteroatoms. The van der Waals surface area contributed by atoms with E-state index in [-0.39, 0.29) is 0 Å². The van der Waals surface area contributed by atoms with Gasteiger partial charge in [0, 0.05) is 45.0 Å². The maximum atomic E-state index is 3.52. The molecular formula is C18H29N3. The fraction of sp³-hybridized carbons (Fsp3) is 0.667. The van der Waals surface area contributed by atoms with Crippen LogP contribution in [0.4, 0.5) is 5.69 Å². The summed E-state index contributed by atoms with van der Waals surface area (Å²) in [5.74, 6) is 0. The van der Waals surface area contributed by atoms with Crippen LogP contribution in [0, 0.1) is 5.41 Å². The van der Waals surface area contributed by atoms with Crippen LogP contribution in [0.15, 0.2) is 30.3 Å². The SMILES string of the molecule is CN(c1ccccc1)C1CCN(CC2(C)CCNC2)CC1. The fourth-order valence-electron chi connectivity index (χ4n) is 3.88. The minimum atomic E-state index is 0.498. The van der Waals surface area contributed by atoms with Gasteiger partial charge in [-0.1, -0.05) is 25.1 Å². The molecule has 0 radical (unpaired) electrons. The van der Waals surface area contributed by atoms with Gasteiger partial charge in [0.2, 0.25) is 0 Å². The van der Waals surface area contributed by atoms with Gasteiger partial charge >= 0.3 is 0 Å². The number of hydrogen-bond donors (Lipinski definition) is 1. The number of likely N-dealkylation sites (tertiary alicyclic amines) is 1. The molecule has 2 fully saturated rings. The Morgan fingerprint density at radius 2 is 1.95 bits per heavy atom. The molecule has 1 unspecified atom stereocenters. The van der Waals surface area contributed by atoms with E-state index in [9.17, 15) is 0 Å². The van der Waals surface area contributed by atoms with Crippen LogP contribution in [0.1, 0.15) is 26.2 Å². The molecule has 2 aliphatic heterocycles. The quantitative estimate of drug-likeness (QED) is 0.918. The first kappa shape index (κ1) is 14.9. The molecular weight excluding hydrogens is 258 g/mol. The molecule has 0 bridgehead atoms. The molecule has 3 nitrogen and oxygen atoms in total. The van der Waals surface area contributed by atoms with Gasteiger partial charge in [-0.05, 0) is 43.4 Å². The van der Waals surface area contributed by atoms with Gasteiger partial charge in [0.1, 0.15) is 0 Å². The van der Waals surface area contributed by atoms with Crippen molar-refractivity contribution >= 4 is 5.69 Å². The Balaban J connectivity index is 1.51. The largest absolute Gasteiger partial charge is 0.372 e. The van der Waals surface area contributed by atoms with Crippen molar-refractivity contribution in [2.24, 2.45) is 5.41 Å². The molecule has 21 heavy (non-hydrogen) atoms.